The Hall–Kier alpha value is -1.15. The van der Waals surface area contributed by atoms with Crippen molar-refractivity contribution in [2.75, 3.05) is 0 Å². The number of benzene rings is 2. The Kier molecular flexibility index (Phi) is 4.18. The van der Waals surface area contributed by atoms with Gasteiger partial charge in [-0.25, -0.2) is 4.39 Å². The molecule has 0 aromatic heterocycles. The van der Waals surface area contributed by atoms with Gasteiger partial charge in [0.05, 0.1) is 4.83 Å². The molecule has 18 heavy (non-hydrogen) atoms. The molecule has 1 unspecified atom stereocenters. The molecule has 0 saturated heterocycles. The Morgan fingerprint density at radius 2 is 1.78 bits per heavy atom. The van der Waals surface area contributed by atoms with Crippen LogP contribution in [-0.4, -0.2) is 0 Å². The van der Waals surface area contributed by atoms with Gasteiger partial charge in [0, 0.05) is 5.56 Å². The summed E-state index contributed by atoms with van der Waals surface area (Å²) in [4.78, 5) is -0.0942. The van der Waals surface area contributed by atoms with E-state index >= 15 is 0 Å². The van der Waals surface area contributed by atoms with Gasteiger partial charge in [0.2, 0.25) is 0 Å². The molecule has 0 spiro atoms. The van der Waals surface area contributed by atoms with Gasteiger partial charge in [0.25, 0.3) is 0 Å². The summed E-state index contributed by atoms with van der Waals surface area (Å²) in [6.07, 6.45) is 1.02. The second-order valence-corrected chi connectivity index (χ2v) is 5.40. The molecule has 2 aromatic rings. The number of aryl methyl sites for hydroxylation is 2. The summed E-state index contributed by atoms with van der Waals surface area (Å²) in [6.45, 7) is 4.10. The van der Waals surface area contributed by atoms with E-state index in [0.29, 0.717) is 5.56 Å². The van der Waals surface area contributed by atoms with Crippen LogP contribution in [0.15, 0.2) is 42.5 Å². The molecule has 2 rings (SSSR count). The predicted molar refractivity (Wildman–Crippen MR) is 77.7 cm³/mol. The molecule has 0 bridgehead atoms. The highest BCUT2D eigenvalue weighted by molar-refractivity contribution is 9.09. The van der Waals surface area contributed by atoms with Crippen LogP contribution in [0.4, 0.5) is 4.39 Å². The Balaban J connectivity index is 2.34. The minimum absolute atomic E-state index is 0.0942. The van der Waals surface area contributed by atoms with E-state index in [2.05, 4.69) is 47.1 Å². The van der Waals surface area contributed by atoms with Gasteiger partial charge >= 0.3 is 0 Å². The minimum Gasteiger partial charge on any atom is -0.207 e. The van der Waals surface area contributed by atoms with Gasteiger partial charge < -0.3 is 0 Å². The zero-order valence-corrected chi connectivity index (χ0v) is 12.2. The van der Waals surface area contributed by atoms with Gasteiger partial charge in [-0.15, -0.1) is 0 Å². The van der Waals surface area contributed by atoms with Gasteiger partial charge in [-0.3, -0.25) is 0 Å². The molecule has 0 aliphatic rings. The lowest BCUT2D eigenvalue weighted by atomic mass is 10.0. The van der Waals surface area contributed by atoms with Crippen LogP contribution in [0.1, 0.15) is 34.0 Å². The van der Waals surface area contributed by atoms with Gasteiger partial charge in [0.15, 0.2) is 0 Å². The Morgan fingerprint density at radius 1 is 1.11 bits per heavy atom. The van der Waals surface area contributed by atoms with Crippen molar-refractivity contribution in [2.24, 2.45) is 0 Å². The summed E-state index contributed by atoms with van der Waals surface area (Å²) in [5.41, 5.74) is 4.14. The summed E-state index contributed by atoms with van der Waals surface area (Å²) in [7, 11) is 0. The molecular formula is C16H16BrF. The largest absolute Gasteiger partial charge is 0.207 e. The van der Waals surface area contributed by atoms with E-state index in [0.717, 1.165) is 17.5 Å². The average Bonchev–Trinajstić information content (AvgIpc) is 2.41. The van der Waals surface area contributed by atoms with E-state index in [1.54, 1.807) is 6.07 Å². The lowest BCUT2D eigenvalue weighted by Gasteiger charge is -2.13. The lowest BCUT2D eigenvalue weighted by molar-refractivity contribution is 0.613. The second kappa shape index (κ2) is 5.66. The van der Waals surface area contributed by atoms with Crippen molar-refractivity contribution >= 4 is 15.9 Å². The topological polar surface area (TPSA) is 0 Å². The van der Waals surface area contributed by atoms with Crippen LogP contribution < -0.4 is 0 Å². The number of hydrogen-bond donors (Lipinski definition) is 0. The molecule has 0 fully saturated rings. The van der Waals surface area contributed by atoms with Gasteiger partial charge in [-0.1, -0.05) is 64.8 Å². The highest BCUT2D eigenvalue weighted by Gasteiger charge is 2.14. The maximum atomic E-state index is 13.8. The third kappa shape index (κ3) is 2.81. The first-order valence-electron chi connectivity index (χ1n) is 6.10. The molecule has 2 aromatic carbocycles. The summed E-state index contributed by atoms with van der Waals surface area (Å²) in [5, 5.41) is 0. The average molecular weight is 307 g/mol. The van der Waals surface area contributed by atoms with Crippen molar-refractivity contribution in [3.05, 3.63) is 70.5 Å². The quantitative estimate of drug-likeness (QED) is 0.685. The summed E-state index contributed by atoms with van der Waals surface area (Å²) in [6, 6.07) is 13.5. The molecule has 0 radical (unpaired) electrons. The van der Waals surface area contributed by atoms with Crippen LogP contribution in [0.3, 0.4) is 0 Å². The molecule has 0 aliphatic heterocycles. The van der Waals surface area contributed by atoms with Gasteiger partial charge in [-0.2, -0.15) is 0 Å². The van der Waals surface area contributed by atoms with E-state index in [4.69, 9.17) is 0 Å². The van der Waals surface area contributed by atoms with Crippen molar-refractivity contribution in [1.82, 2.24) is 0 Å². The predicted octanol–water partition coefficient (Wildman–Crippen LogP) is 5.18. The molecule has 0 nitrogen and oxygen atoms in total. The fourth-order valence-corrected chi connectivity index (χ4v) is 2.62. The summed E-state index contributed by atoms with van der Waals surface area (Å²) < 4.78 is 13.8. The van der Waals surface area contributed by atoms with Crippen LogP contribution in [0, 0.1) is 12.7 Å². The molecular weight excluding hydrogens is 291 g/mol. The molecule has 2 heteroatoms. The fourth-order valence-electron chi connectivity index (χ4n) is 1.96. The van der Waals surface area contributed by atoms with Crippen molar-refractivity contribution in [1.29, 1.82) is 0 Å². The number of halogens is 2. The van der Waals surface area contributed by atoms with Crippen LogP contribution in [-0.2, 0) is 6.42 Å². The zero-order valence-electron chi connectivity index (χ0n) is 10.6. The second-order valence-electron chi connectivity index (χ2n) is 4.48. The number of hydrogen-bond acceptors (Lipinski definition) is 0. The van der Waals surface area contributed by atoms with Crippen LogP contribution >= 0.6 is 15.9 Å². The summed E-state index contributed by atoms with van der Waals surface area (Å²) in [5.74, 6) is -0.165. The van der Waals surface area contributed by atoms with Gasteiger partial charge in [-0.05, 0) is 30.5 Å². The third-order valence-electron chi connectivity index (χ3n) is 3.11. The summed E-state index contributed by atoms with van der Waals surface area (Å²) >= 11 is 3.59. The Morgan fingerprint density at radius 3 is 2.39 bits per heavy atom. The highest BCUT2D eigenvalue weighted by atomic mass is 79.9. The monoisotopic (exact) mass is 306 g/mol. The van der Waals surface area contributed by atoms with E-state index in [1.165, 1.54) is 11.6 Å². The smallest absolute Gasteiger partial charge is 0.127 e. The van der Waals surface area contributed by atoms with Crippen molar-refractivity contribution in [2.45, 2.75) is 25.1 Å². The molecule has 0 aliphatic carbocycles. The van der Waals surface area contributed by atoms with E-state index < -0.39 is 0 Å². The Bertz CT molecular complexity index is 531. The molecule has 0 heterocycles. The van der Waals surface area contributed by atoms with Crippen molar-refractivity contribution < 1.29 is 4.39 Å². The van der Waals surface area contributed by atoms with E-state index in [-0.39, 0.29) is 10.6 Å². The molecule has 0 N–H and O–H groups in total. The Labute approximate surface area is 116 Å². The SMILES string of the molecule is CCc1ccc(C(Br)c2cc(C)ccc2F)cc1. The first-order valence-corrected chi connectivity index (χ1v) is 7.02. The van der Waals surface area contributed by atoms with E-state index in [1.807, 2.05) is 13.0 Å². The van der Waals surface area contributed by atoms with Crippen LogP contribution in [0.2, 0.25) is 0 Å². The van der Waals surface area contributed by atoms with E-state index in [9.17, 15) is 4.39 Å². The number of rotatable bonds is 3. The number of alkyl halides is 1. The van der Waals surface area contributed by atoms with Crippen molar-refractivity contribution in [3.8, 4) is 0 Å². The first-order chi connectivity index (χ1) is 8.61. The van der Waals surface area contributed by atoms with Gasteiger partial charge in [0.1, 0.15) is 5.82 Å². The normalized spacial score (nSPS) is 12.4. The standard InChI is InChI=1S/C16H16BrF/c1-3-12-5-7-13(8-6-12)16(17)14-10-11(2)4-9-15(14)18/h4-10,16H,3H2,1-2H3. The van der Waals surface area contributed by atoms with Crippen molar-refractivity contribution in [3.63, 3.8) is 0 Å². The molecule has 0 amide bonds. The first kappa shape index (κ1) is 13.3. The lowest BCUT2D eigenvalue weighted by Crippen LogP contribution is -1.97. The fraction of sp³-hybridized carbons (Fsp3) is 0.250. The maximum absolute atomic E-state index is 13.8. The maximum Gasteiger partial charge on any atom is 0.127 e. The molecule has 0 saturated carbocycles. The third-order valence-corrected chi connectivity index (χ3v) is 4.13. The molecule has 1 atom stereocenters. The molecule has 94 valence electrons. The van der Waals surface area contributed by atoms with Crippen LogP contribution in [0.25, 0.3) is 0 Å². The van der Waals surface area contributed by atoms with Crippen LogP contribution in [0.5, 0.6) is 0 Å². The zero-order chi connectivity index (χ0) is 13.1. The minimum atomic E-state index is -0.165. The highest BCUT2D eigenvalue weighted by Crippen LogP contribution is 2.33.